The second-order valence-corrected chi connectivity index (χ2v) is 5.45. The highest BCUT2D eigenvalue weighted by Gasteiger charge is 2.36. The minimum Gasteiger partial charge on any atom is -0.386 e. The van der Waals surface area contributed by atoms with E-state index in [4.69, 9.17) is 9.60 Å². The largest absolute Gasteiger partial charge is 0.408 e. The van der Waals surface area contributed by atoms with Gasteiger partial charge in [0.2, 0.25) is 11.9 Å². The molecule has 10 heteroatoms. The number of rotatable bonds is 5. The second-order valence-electron chi connectivity index (χ2n) is 5.45. The van der Waals surface area contributed by atoms with Crippen LogP contribution in [0.5, 0.6) is 0 Å². The van der Waals surface area contributed by atoms with Crippen LogP contribution in [0.3, 0.4) is 0 Å². The van der Waals surface area contributed by atoms with Crippen molar-refractivity contribution >= 4 is 17.5 Å². The molecule has 6 nitrogen and oxygen atoms in total. The maximum Gasteiger partial charge on any atom is 0.408 e. The maximum atomic E-state index is 14.5. The predicted molar refractivity (Wildman–Crippen MR) is 85.6 cm³/mol. The standard InChI is InChI=1S/C15H21F4N5O/c1-7(2)20-13-22-12(9-5-4-6-10(25)11(9)16)23-14(24-13)21-8(3)15(17,18)19/h7-8,10,25H,4-6H2,1-3H3,(H2,20,21,22,23,24)/t8-,10?/m1/s1/i1D3,2D3,7D. The maximum absolute atomic E-state index is 14.5. The van der Waals surface area contributed by atoms with Crippen LogP contribution in [0.25, 0.3) is 5.57 Å². The Hall–Kier alpha value is -1.97. The Labute approximate surface area is 152 Å². The van der Waals surface area contributed by atoms with E-state index in [0.717, 1.165) is 6.92 Å². The Morgan fingerprint density at radius 2 is 1.88 bits per heavy atom. The molecule has 0 bridgehead atoms. The van der Waals surface area contributed by atoms with Crippen LogP contribution in [0, 0.1) is 0 Å². The first-order chi connectivity index (χ1) is 14.4. The van der Waals surface area contributed by atoms with Crippen molar-refractivity contribution in [2.24, 2.45) is 0 Å². The number of halogens is 4. The van der Waals surface area contributed by atoms with Gasteiger partial charge in [-0.15, -0.1) is 0 Å². The molecule has 0 radical (unpaired) electrons. The third-order valence-electron chi connectivity index (χ3n) is 3.46. The molecule has 0 saturated heterocycles. The molecule has 1 aliphatic rings. The molecular formula is C15H21F4N5O. The van der Waals surface area contributed by atoms with Gasteiger partial charge in [0, 0.05) is 19.8 Å². The molecule has 0 amide bonds. The molecule has 0 saturated carbocycles. The molecule has 2 rings (SSSR count). The number of anilines is 2. The van der Waals surface area contributed by atoms with Gasteiger partial charge in [-0.3, -0.25) is 0 Å². The lowest BCUT2D eigenvalue weighted by molar-refractivity contribution is -0.138. The van der Waals surface area contributed by atoms with Crippen molar-refractivity contribution in [1.29, 1.82) is 0 Å². The first kappa shape index (κ1) is 11.6. The summed E-state index contributed by atoms with van der Waals surface area (Å²) in [4.78, 5) is 11.0. The second kappa shape index (κ2) is 7.51. The van der Waals surface area contributed by atoms with Crippen molar-refractivity contribution in [2.45, 2.75) is 64.2 Å². The zero-order chi connectivity index (χ0) is 24.7. The summed E-state index contributed by atoms with van der Waals surface area (Å²) < 4.78 is 106. The van der Waals surface area contributed by atoms with Crippen LogP contribution in [-0.4, -0.2) is 44.4 Å². The van der Waals surface area contributed by atoms with Crippen molar-refractivity contribution in [3.05, 3.63) is 11.7 Å². The van der Waals surface area contributed by atoms with E-state index >= 15 is 0 Å². The highest BCUT2D eigenvalue weighted by Crippen LogP contribution is 2.32. The number of aliphatic hydroxyl groups excluding tert-OH is 1. The van der Waals surface area contributed by atoms with Crippen LogP contribution in [0.4, 0.5) is 29.5 Å². The molecule has 140 valence electrons. The minimum absolute atomic E-state index is 0.00513. The van der Waals surface area contributed by atoms with Crippen molar-refractivity contribution < 1.29 is 32.3 Å². The normalized spacial score (nSPS) is 25.5. The lowest BCUT2D eigenvalue weighted by Gasteiger charge is -2.21. The molecule has 0 aromatic carbocycles. The lowest BCUT2D eigenvalue weighted by atomic mass is 9.96. The number of nitrogens with one attached hydrogen (secondary N) is 2. The fraction of sp³-hybridized carbons (Fsp3) is 0.667. The summed E-state index contributed by atoms with van der Waals surface area (Å²) in [5, 5.41) is 13.5. The van der Waals surface area contributed by atoms with Gasteiger partial charge in [-0.2, -0.15) is 28.1 Å². The Morgan fingerprint density at radius 3 is 2.48 bits per heavy atom. The van der Waals surface area contributed by atoms with Crippen molar-refractivity contribution in [3.8, 4) is 0 Å². The van der Waals surface area contributed by atoms with E-state index in [-0.39, 0.29) is 18.4 Å². The highest BCUT2D eigenvalue weighted by molar-refractivity contribution is 5.65. The van der Waals surface area contributed by atoms with Crippen LogP contribution in [-0.2, 0) is 0 Å². The smallest absolute Gasteiger partial charge is 0.386 e. The fourth-order valence-electron chi connectivity index (χ4n) is 2.16. The van der Waals surface area contributed by atoms with Crippen LogP contribution in [0.15, 0.2) is 5.83 Å². The summed E-state index contributed by atoms with van der Waals surface area (Å²) in [5.74, 6) is -3.18. The molecule has 25 heavy (non-hydrogen) atoms. The molecule has 1 aromatic rings. The van der Waals surface area contributed by atoms with Crippen LogP contribution in [0.2, 0.25) is 0 Å². The summed E-state index contributed by atoms with van der Waals surface area (Å²) in [6.07, 6.45) is -5.83. The van der Waals surface area contributed by atoms with Gasteiger partial charge in [-0.25, -0.2) is 4.39 Å². The molecule has 1 heterocycles. The lowest BCUT2D eigenvalue weighted by Crippen LogP contribution is -2.34. The molecule has 1 unspecified atom stereocenters. The zero-order valence-corrected chi connectivity index (χ0v) is 13.1. The summed E-state index contributed by atoms with van der Waals surface area (Å²) in [7, 11) is 0. The van der Waals surface area contributed by atoms with E-state index in [1.165, 1.54) is 0 Å². The number of aromatic nitrogens is 3. The first-order valence-electron chi connectivity index (χ1n) is 10.8. The Balaban J connectivity index is 2.62. The topological polar surface area (TPSA) is 83.0 Å². The Bertz CT molecular complexity index is 861. The SMILES string of the molecule is [2H]C([2H])([2H])C([2H])(Nc1nc(N[C@H](C)C(F)(F)F)nc(C2=C(F)C(O)CCC2)n1)C([2H])([2H])[2H]. The van der Waals surface area contributed by atoms with Gasteiger partial charge in [-0.05, 0) is 39.9 Å². The van der Waals surface area contributed by atoms with Crippen molar-refractivity contribution in [3.63, 3.8) is 0 Å². The van der Waals surface area contributed by atoms with Crippen LogP contribution in [0.1, 0.15) is 55.3 Å². The average molecular weight is 370 g/mol. The molecule has 2 atom stereocenters. The molecule has 1 aromatic heterocycles. The Kier molecular flexibility index (Phi) is 3.48. The molecule has 0 aliphatic heterocycles. The monoisotopic (exact) mass is 370 g/mol. The number of hydrogen-bond donors (Lipinski definition) is 3. The van der Waals surface area contributed by atoms with E-state index in [9.17, 15) is 22.7 Å². The van der Waals surface area contributed by atoms with Gasteiger partial charge in [0.25, 0.3) is 0 Å². The average Bonchev–Trinajstić information content (AvgIpc) is 2.61. The third-order valence-corrected chi connectivity index (χ3v) is 3.46. The third kappa shape index (κ3) is 5.00. The van der Waals surface area contributed by atoms with E-state index in [0.29, 0.717) is 6.42 Å². The van der Waals surface area contributed by atoms with Gasteiger partial charge < -0.3 is 15.7 Å². The van der Waals surface area contributed by atoms with Crippen LogP contribution < -0.4 is 10.6 Å². The molecular weight excluding hydrogens is 342 g/mol. The quantitative estimate of drug-likeness (QED) is 0.690. The van der Waals surface area contributed by atoms with Crippen molar-refractivity contribution in [2.75, 3.05) is 10.6 Å². The highest BCUT2D eigenvalue weighted by atomic mass is 19.4. The van der Waals surface area contributed by atoms with E-state index in [2.05, 4.69) is 15.0 Å². The van der Waals surface area contributed by atoms with Gasteiger partial charge in [0.05, 0.1) is 1.37 Å². The molecule has 1 aliphatic carbocycles. The summed E-state index contributed by atoms with van der Waals surface area (Å²) in [6.45, 7) is -6.15. The number of alkyl halides is 3. The van der Waals surface area contributed by atoms with Gasteiger partial charge >= 0.3 is 6.18 Å². The fourth-order valence-corrected chi connectivity index (χ4v) is 2.16. The number of hydrogen-bond acceptors (Lipinski definition) is 6. The summed E-state index contributed by atoms with van der Waals surface area (Å²) in [5.41, 5.74) is -0.254. The summed E-state index contributed by atoms with van der Waals surface area (Å²) in [6, 6.07) is -5.53. The van der Waals surface area contributed by atoms with E-state index < -0.39 is 61.6 Å². The first-order valence-corrected chi connectivity index (χ1v) is 7.31. The summed E-state index contributed by atoms with van der Waals surface area (Å²) >= 11 is 0. The molecule has 3 N–H and O–H groups in total. The number of aliphatic hydroxyl groups is 1. The Morgan fingerprint density at radius 1 is 1.24 bits per heavy atom. The molecule has 0 fully saturated rings. The van der Waals surface area contributed by atoms with E-state index in [1.807, 2.05) is 10.6 Å². The minimum atomic E-state index is -4.73. The van der Waals surface area contributed by atoms with Crippen LogP contribution >= 0.6 is 0 Å². The van der Waals surface area contributed by atoms with E-state index in [1.54, 1.807) is 0 Å². The van der Waals surface area contributed by atoms with Crippen molar-refractivity contribution in [1.82, 2.24) is 15.0 Å². The predicted octanol–water partition coefficient (Wildman–Crippen LogP) is 3.28. The number of allylic oxidation sites excluding steroid dienone is 1. The van der Waals surface area contributed by atoms with Gasteiger partial charge in [0.15, 0.2) is 5.82 Å². The van der Waals surface area contributed by atoms with Gasteiger partial charge in [0.1, 0.15) is 18.0 Å². The zero-order valence-electron chi connectivity index (χ0n) is 20.1. The van der Waals surface area contributed by atoms with Gasteiger partial charge in [-0.1, -0.05) is 0 Å². The molecule has 0 spiro atoms. The number of nitrogens with zero attached hydrogens (tertiary/aromatic N) is 3.